The summed E-state index contributed by atoms with van der Waals surface area (Å²) in [6, 6.07) is 3.85. The summed E-state index contributed by atoms with van der Waals surface area (Å²) >= 11 is 0. The number of unbranched alkanes of at least 4 members (excludes halogenated alkanes) is 9. The number of rotatable bonds is 13. The lowest BCUT2D eigenvalue weighted by Gasteiger charge is -2.03. The van der Waals surface area contributed by atoms with Gasteiger partial charge in [-0.1, -0.05) is 64.7 Å². The van der Waals surface area contributed by atoms with Crippen molar-refractivity contribution in [3.05, 3.63) is 30.1 Å². The first-order chi connectivity index (χ1) is 10.3. The lowest BCUT2D eigenvalue weighted by molar-refractivity contribution is -0.118. The highest BCUT2D eigenvalue weighted by molar-refractivity contribution is 5.80. The number of Topliss-reactive ketones (excluding diaryl/α,β-unsaturated/α-hetero) is 1. The van der Waals surface area contributed by atoms with Gasteiger partial charge in [0.15, 0.2) is 0 Å². The summed E-state index contributed by atoms with van der Waals surface area (Å²) in [5, 5.41) is 0. The summed E-state index contributed by atoms with van der Waals surface area (Å²) < 4.78 is 0. The monoisotopic (exact) mass is 289 g/mol. The Morgan fingerprint density at radius 3 is 1.95 bits per heavy atom. The Morgan fingerprint density at radius 1 is 0.857 bits per heavy atom. The van der Waals surface area contributed by atoms with Gasteiger partial charge < -0.3 is 0 Å². The van der Waals surface area contributed by atoms with Gasteiger partial charge in [0, 0.05) is 25.2 Å². The van der Waals surface area contributed by atoms with Crippen molar-refractivity contribution in [2.24, 2.45) is 0 Å². The molecule has 0 saturated heterocycles. The van der Waals surface area contributed by atoms with E-state index >= 15 is 0 Å². The molecule has 0 unspecified atom stereocenters. The van der Waals surface area contributed by atoms with Crippen LogP contribution in [0, 0.1) is 0 Å². The van der Waals surface area contributed by atoms with Crippen LogP contribution in [0.5, 0.6) is 0 Å². The Morgan fingerprint density at radius 2 is 1.38 bits per heavy atom. The first kappa shape index (κ1) is 17.9. The fourth-order valence-electron chi connectivity index (χ4n) is 2.63. The third-order valence-corrected chi connectivity index (χ3v) is 3.96. The maximum atomic E-state index is 11.8. The van der Waals surface area contributed by atoms with Gasteiger partial charge in [0.1, 0.15) is 5.78 Å². The SMILES string of the molecule is CCCCCCCCCCCCC(=O)Cc1ccncc1. The molecule has 1 aromatic rings. The molecule has 0 amide bonds. The van der Waals surface area contributed by atoms with Gasteiger partial charge in [-0.25, -0.2) is 0 Å². The number of carbonyl (C=O) groups excluding carboxylic acids is 1. The van der Waals surface area contributed by atoms with Gasteiger partial charge in [0.25, 0.3) is 0 Å². The Hall–Kier alpha value is -1.18. The molecule has 0 aliphatic heterocycles. The smallest absolute Gasteiger partial charge is 0.137 e. The molecule has 0 aliphatic rings. The number of hydrogen-bond acceptors (Lipinski definition) is 2. The van der Waals surface area contributed by atoms with Crippen LogP contribution < -0.4 is 0 Å². The van der Waals surface area contributed by atoms with E-state index in [1.807, 2.05) is 12.1 Å². The fraction of sp³-hybridized carbons (Fsp3) is 0.684. The predicted molar refractivity (Wildman–Crippen MR) is 89.4 cm³/mol. The molecule has 0 spiro atoms. The summed E-state index contributed by atoms with van der Waals surface area (Å²) in [6.07, 6.45) is 18.0. The maximum absolute atomic E-state index is 11.8. The average molecular weight is 289 g/mol. The largest absolute Gasteiger partial charge is 0.299 e. The van der Waals surface area contributed by atoms with Crippen molar-refractivity contribution < 1.29 is 4.79 Å². The van der Waals surface area contributed by atoms with Gasteiger partial charge >= 0.3 is 0 Å². The van der Waals surface area contributed by atoms with E-state index in [4.69, 9.17) is 0 Å². The number of pyridine rings is 1. The molecule has 21 heavy (non-hydrogen) atoms. The van der Waals surface area contributed by atoms with E-state index in [1.165, 1.54) is 57.8 Å². The quantitative estimate of drug-likeness (QED) is 0.448. The third kappa shape index (κ3) is 10.2. The van der Waals surface area contributed by atoms with Gasteiger partial charge in [0.05, 0.1) is 0 Å². The van der Waals surface area contributed by atoms with E-state index in [2.05, 4.69) is 11.9 Å². The van der Waals surface area contributed by atoms with Crippen molar-refractivity contribution in [1.82, 2.24) is 4.98 Å². The number of aromatic nitrogens is 1. The highest BCUT2D eigenvalue weighted by Gasteiger charge is 2.03. The summed E-state index contributed by atoms with van der Waals surface area (Å²) in [5.41, 5.74) is 1.09. The van der Waals surface area contributed by atoms with Crippen molar-refractivity contribution in [2.75, 3.05) is 0 Å². The van der Waals surface area contributed by atoms with Crippen LogP contribution in [0.1, 0.15) is 83.1 Å². The topological polar surface area (TPSA) is 30.0 Å². The first-order valence-electron chi connectivity index (χ1n) is 8.73. The first-order valence-corrected chi connectivity index (χ1v) is 8.73. The number of nitrogens with zero attached hydrogens (tertiary/aromatic N) is 1. The van der Waals surface area contributed by atoms with Crippen LogP contribution in [0.2, 0.25) is 0 Å². The normalized spacial score (nSPS) is 10.7. The molecule has 2 nitrogen and oxygen atoms in total. The minimum Gasteiger partial charge on any atom is -0.299 e. The standard InChI is InChI=1S/C19H31NO/c1-2-3-4-5-6-7-8-9-10-11-12-19(21)17-18-13-15-20-16-14-18/h13-16H,2-12,17H2,1H3. The average Bonchev–Trinajstić information content (AvgIpc) is 2.50. The zero-order valence-corrected chi connectivity index (χ0v) is 13.7. The zero-order valence-electron chi connectivity index (χ0n) is 13.7. The molecule has 2 heteroatoms. The molecule has 0 saturated carbocycles. The van der Waals surface area contributed by atoms with E-state index in [0.717, 1.165) is 18.4 Å². The second-order valence-corrected chi connectivity index (χ2v) is 6.00. The highest BCUT2D eigenvalue weighted by atomic mass is 16.1. The Bertz CT molecular complexity index is 361. The number of ketones is 1. The molecule has 0 atom stereocenters. The van der Waals surface area contributed by atoms with Crippen LogP contribution in [0.3, 0.4) is 0 Å². The molecule has 1 heterocycles. The molecule has 0 radical (unpaired) electrons. The molecule has 0 fully saturated rings. The zero-order chi connectivity index (χ0) is 15.2. The van der Waals surface area contributed by atoms with E-state index < -0.39 is 0 Å². The molecule has 1 rings (SSSR count). The van der Waals surface area contributed by atoms with Gasteiger partial charge in [-0.3, -0.25) is 9.78 Å². The molecular formula is C19H31NO. The van der Waals surface area contributed by atoms with Crippen molar-refractivity contribution in [2.45, 2.75) is 84.0 Å². The van der Waals surface area contributed by atoms with Crippen LogP contribution in [-0.2, 0) is 11.2 Å². The van der Waals surface area contributed by atoms with Crippen molar-refractivity contribution in [3.8, 4) is 0 Å². The number of carbonyl (C=O) groups is 1. The number of hydrogen-bond donors (Lipinski definition) is 0. The van der Waals surface area contributed by atoms with Gasteiger partial charge in [-0.2, -0.15) is 0 Å². The van der Waals surface area contributed by atoms with Crippen molar-refractivity contribution in [3.63, 3.8) is 0 Å². The summed E-state index contributed by atoms with van der Waals surface area (Å²) in [5.74, 6) is 0.362. The molecule has 1 aromatic heterocycles. The Kier molecular flexibility index (Phi) is 10.7. The summed E-state index contributed by atoms with van der Waals surface area (Å²) in [7, 11) is 0. The Balaban J connectivity index is 1.89. The molecule has 118 valence electrons. The maximum Gasteiger partial charge on any atom is 0.137 e. The Labute approximate surface area is 130 Å². The summed E-state index contributed by atoms with van der Waals surface area (Å²) in [4.78, 5) is 15.8. The van der Waals surface area contributed by atoms with Crippen LogP contribution >= 0.6 is 0 Å². The van der Waals surface area contributed by atoms with Crippen LogP contribution in [0.4, 0.5) is 0 Å². The minimum atomic E-state index is 0.362. The molecule has 0 aromatic carbocycles. The van der Waals surface area contributed by atoms with Crippen LogP contribution in [-0.4, -0.2) is 10.8 Å². The highest BCUT2D eigenvalue weighted by Crippen LogP contribution is 2.12. The molecule has 0 aliphatic carbocycles. The lowest BCUT2D eigenvalue weighted by atomic mass is 10.0. The molecule has 0 N–H and O–H groups in total. The van der Waals surface area contributed by atoms with E-state index in [-0.39, 0.29) is 0 Å². The minimum absolute atomic E-state index is 0.362. The van der Waals surface area contributed by atoms with Crippen LogP contribution in [0.15, 0.2) is 24.5 Å². The molecule has 0 bridgehead atoms. The fourth-order valence-corrected chi connectivity index (χ4v) is 2.63. The van der Waals surface area contributed by atoms with E-state index in [9.17, 15) is 4.79 Å². The van der Waals surface area contributed by atoms with Gasteiger partial charge in [-0.15, -0.1) is 0 Å². The second kappa shape index (κ2) is 12.6. The van der Waals surface area contributed by atoms with Crippen molar-refractivity contribution in [1.29, 1.82) is 0 Å². The van der Waals surface area contributed by atoms with E-state index in [0.29, 0.717) is 12.2 Å². The van der Waals surface area contributed by atoms with Gasteiger partial charge in [-0.05, 0) is 24.1 Å². The van der Waals surface area contributed by atoms with E-state index in [1.54, 1.807) is 12.4 Å². The van der Waals surface area contributed by atoms with Gasteiger partial charge in [0.2, 0.25) is 0 Å². The summed E-state index contributed by atoms with van der Waals surface area (Å²) in [6.45, 7) is 2.26. The third-order valence-electron chi connectivity index (χ3n) is 3.96. The molecular weight excluding hydrogens is 258 g/mol. The van der Waals surface area contributed by atoms with Crippen LogP contribution in [0.25, 0.3) is 0 Å². The van der Waals surface area contributed by atoms with Crippen molar-refractivity contribution >= 4 is 5.78 Å². The lowest BCUT2D eigenvalue weighted by Crippen LogP contribution is -2.02. The second-order valence-electron chi connectivity index (χ2n) is 6.00. The predicted octanol–water partition coefficient (Wildman–Crippen LogP) is 5.50.